The molecule has 4 rings (SSSR count). The first-order valence-electron chi connectivity index (χ1n) is 10.0. The van der Waals surface area contributed by atoms with E-state index in [1.165, 1.54) is 0 Å². The lowest BCUT2D eigenvalue weighted by Gasteiger charge is -2.22. The van der Waals surface area contributed by atoms with Gasteiger partial charge in [-0.15, -0.1) is 5.10 Å². The van der Waals surface area contributed by atoms with E-state index in [2.05, 4.69) is 10.4 Å². The first kappa shape index (κ1) is 19.2. The zero-order valence-electron chi connectivity index (χ0n) is 16.8. The summed E-state index contributed by atoms with van der Waals surface area (Å²) >= 11 is 0. The molecule has 1 atom stereocenters. The van der Waals surface area contributed by atoms with Crippen molar-refractivity contribution in [2.75, 3.05) is 11.6 Å². The first-order chi connectivity index (χ1) is 14.1. The van der Waals surface area contributed by atoms with Gasteiger partial charge in [-0.25, -0.2) is 5.01 Å². The van der Waals surface area contributed by atoms with Crippen LogP contribution in [0.5, 0.6) is 0 Å². The van der Waals surface area contributed by atoms with E-state index in [0.717, 1.165) is 35.2 Å². The van der Waals surface area contributed by atoms with Crippen molar-refractivity contribution in [3.63, 3.8) is 0 Å². The number of aryl methyl sites for hydroxylation is 1. The molecular formula is C23H26N4O2. The van der Waals surface area contributed by atoms with E-state index in [4.69, 9.17) is 10.5 Å². The highest BCUT2D eigenvalue weighted by Gasteiger charge is 2.33. The van der Waals surface area contributed by atoms with Crippen LogP contribution in [0.1, 0.15) is 41.3 Å². The summed E-state index contributed by atoms with van der Waals surface area (Å²) in [7, 11) is 0. The van der Waals surface area contributed by atoms with Crippen LogP contribution in [0.4, 0.5) is 5.69 Å². The lowest BCUT2D eigenvalue weighted by molar-refractivity contribution is 0.0951. The largest absolute Gasteiger partial charge is 0.477 e. The fourth-order valence-corrected chi connectivity index (χ4v) is 3.30. The number of rotatable bonds is 5. The average Bonchev–Trinajstić information content (AvgIpc) is 3.49. The zero-order chi connectivity index (χ0) is 20.4. The number of hydrazone groups is 1. The molecule has 1 aliphatic carbocycles. The van der Waals surface area contributed by atoms with Gasteiger partial charge in [-0.2, -0.15) is 0 Å². The molecule has 0 bridgehead atoms. The molecule has 1 aliphatic heterocycles. The van der Waals surface area contributed by atoms with Crippen LogP contribution in [0, 0.1) is 6.92 Å². The van der Waals surface area contributed by atoms with E-state index < -0.39 is 6.17 Å². The molecule has 2 aromatic carbocycles. The highest BCUT2D eigenvalue weighted by molar-refractivity contribution is 6.03. The lowest BCUT2D eigenvalue weighted by atomic mass is 10.1. The number of carbonyl (C=O) groups is 1. The Balaban J connectivity index is 1.67. The fourth-order valence-electron chi connectivity index (χ4n) is 3.30. The predicted molar refractivity (Wildman–Crippen MR) is 116 cm³/mol. The Morgan fingerprint density at radius 1 is 1.28 bits per heavy atom. The molecule has 29 heavy (non-hydrogen) atoms. The summed E-state index contributed by atoms with van der Waals surface area (Å²) in [6, 6.07) is 15.9. The number of hydrogen-bond acceptors (Lipinski definition) is 5. The molecule has 0 aromatic heterocycles. The molecule has 1 heterocycles. The molecule has 6 nitrogen and oxygen atoms in total. The number of nitrogens with one attached hydrogen (secondary N) is 1. The highest BCUT2D eigenvalue weighted by atomic mass is 16.5. The summed E-state index contributed by atoms with van der Waals surface area (Å²) in [5.41, 5.74) is 10.8. The Hall–Kier alpha value is -3.12. The summed E-state index contributed by atoms with van der Waals surface area (Å²) in [6.07, 6.45) is 3.60. The molecule has 0 saturated heterocycles. The summed E-state index contributed by atoms with van der Waals surface area (Å²) in [5.74, 6) is 0.451. The van der Waals surface area contributed by atoms with Crippen LogP contribution in [0.15, 0.2) is 59.2 Å². The molecule has 2 aromatic rings. The maximum atomic E-state index is 12.5. The molecule has 0 spiro atoms. The van der Waals surface area contributed by atoms with Gasteiger partial charge in [-0.05, 0) is 56.0 Å². The van der Waals surface area contributed by atoms with E-state index in [1.807, 2.05) is 68.5 Å². The van der Waals surface area contributed by atoms with Crippen LogP contribution in [0.3, 0.4) is 0 Å². The molecule has 3 N–H and O–H groups in total. The second-order valence-electron chi connectivity index (χ2n) is 7.39. The van der Waals surface area contributed by atoms with Gasteiger partial charge in [-0.1, -0.05) is 36.4 Å². The zero-order valence-corrected chi connectivity index (χ0v) is 16.8. The van der Waals surface area contributed by atoms with Crippen LogP contribution in [0.2, 0.25) is 0 Å². The second-order valence-corrected chi connectivity index (χ2v) is 7.39. The van der Waals surface area contributed by atoms with Crippen LogP contribution in [-0.4, -0.2) is 30.6 Å². The number of amides is 1. The number of nitrogens with zero attached hydrogens (tertiary/aromatic N) is 2. The van der Waals surface area contributed by atoms with Gasteiger partial charge in [-0.3, -0.25) is 4.79 Å². The van der Waals surface area contributed by atoms with Crippen LogP contribution in [0.25, 0.3) is 6.08 Å². The van der Waals surface area contributed by atoms with Crippen molar-refractivity contribution in [3.8, 4) is 0 Å². The minimum atomic E-state index is -0.503. The Labute approximate surface area is 171 Å². The maximum absolute atomic E-state index is 12.5. The molecule has 6 heteroatoms. The van der Waals surface area contributed by atoms with E-state index >= 15 is 0 Å². The Morgan fingerprint density at radius 3 is 2.72 bits per heavy atom. The van der Waals surface area contributed by atoms with Crippen LogP contribution < -0.4 is 16.1 Å². The molecule has 1 fully saturated rings. The molecule has 1 amide bonds. The Bertz CT molecular complexity index is 964. The van der Waals surface area contributed by atoms with E-state index in [9.17, 15) is 4.79 Å². The van der Waals surface area contributed by atoms with Gasteiger partial charge < -0.3 is 15.8 Å². The fraction of sp³-hybridized carbons (Fsp3) is 0.304. The molecule has 150 valence electrons. The van der Waals surface area contributed by atoms with Crippen molar-refractivity contribution in [1.29, 1.82) is 0 Å². The van der Waals surface area contributed by atoms with Gasteiger partial charge >= 0.3 is 0 Å². The topological polar surface area (TPSA) is 80.0 Å². The third-order valence-electron chi connectivity index (χ3n) is 5.06. The van der Waals surface area contributed by atoms with Gasteiger partial charge in [0.15, 0.2) is 0 Å². The molecule has 1 saturated carbocycles. The second kappa shape index (κ2) is 8.09. The van der Waals surface area contributed by atoms with Crippen LogP contribution >= 0.6 is 0 Å². The summed E-state index contributed by atoms with van der Waals surface area (Å²) in [4.78, 5) is 12.5. The van der Waals surface area contributed by atoms with E-state index in [1.54, 1.807) is 5.01 Å². The predicted octanol–water partition coefficient (Wildman–Crippen LogP) is 3.43. The summed E-state index contributed by atoms with van der Waals surface area (Å²) in [5, 5.41) is 9.41. The van der Waals surface area contributed by atoms with Gasteiger partial charge in [0, 0.05) is 11.6 Å². The number of carbonyl (C=O) groups excluding carboxylic acids is 1. The summed E-state index contributed by atoms with van der Waals surface area (Å²) < 4.78 is 5.77. The van der Waals surface area contributed by atoms with Gasteiger partial charge in [0.05, 0.1) is 17.9 Å². The normalized spacial score (nSPS) is 20.0. The van der Waals surface area contributed by atoms with E-state index in [-0.39, 0.29) is 5.91 Å². The Morgan fingerprint density at radius 2 is 2.03 bits per heavy atom. The van der Waals surface area contributed by atoms with Crippen molar-refractivity contribution >= 4 is 23.6 Å². The number of anilines is 1. The van der Waals surface area contributed by atoms with Gasteiger partial charge in [0.25, 0.3) is 5.91 Å². The number of benzene rings is 2. The molecule has 1 unspecified atom stereocenters. The maximum Gasteiger partial charge on any atom is 0.251 e. The average molecular weight is 390 g/mol. The third-order valence-corrected chi connectivity index (χ3v) is 5.06. The minimum absolute atomic E-state index is 0.0596. The third kappa shape index (κ3) is 4.17. The van der Waals surface area contributed by atoms with Crippen molar-refractivity contribution in [1.82, 2.24) is 5.32 Å². The smallest absolute Gasteiger partial charge is 0.251 e. The first-order valence-corrected chi connectivity index (χ1v) is 10.0. The highest BCUT2D eigenvalue weighted by Crippen LogP contribution is 2.31. The molecular weight excluding hydrogens is 364 g/mol. The Kier molecular flexibility index (Phi) is 5.36. The van der Waals surface area contributed by atoms with Gasteiger partial charge in [0.2, 0.25) is 5.90 Å². The minimum Gasteiger partial charge on any atom is -0.477 e. The quantitative estimate of drug-likeness (QED) is 0.820. The number of ether oxygens (including phenoxy) is 1. The standard InChI is InChI=1S/C23H26N4O2/c1-3-29-23-19(13-16-7-5-4-6-8-16)21(24)27(26-23)20-14-17(10-9-15(20)2)22(28)25-18-11-12-18/h4-10,13-14,18,21H,3,11-12,24H2,1-2H3,(H,25,28). The number of hydrogen-bond donors (Lipinski definition) is 2. The van der Waals surface area contributed by atoms with Gasteiger partial charge in [0.1, 0.15) is 6.17 Å². The number of nitrogens with two attached hydrogens (primary N) is 1. The van der Waals surface area contributed by atoms with E-state index in [0.29, 0.717) is 24.1 Å². The summed E-state index contributed by atoms with van der Waals surface area (Å²) in [6.45, 7) is 4.40. The van der Waals surface area contributed by atoms with Crippen molar-refractivity contribution in [3.05, 3.63) is 70.8 Å². The van der Waals surface area contributed by atoms with Crippen molar-refractivity contribution in [2.45, 2.75) is 38.9 Å². The van der Waals surface area contributed by atoms with Crippen molar-refractivity contribution < 1.29 is 9.53 Å². The van der Waals surface area contributed by atoms with Crippen molar-refractivity contribution in [2.24, 2.45) is 10.8 Å². The molecule has 0 radical (unpaired) electrons. The monoisotopic (exact) mass is 390 g/mol. The lowest BCUT2D eigenvalue weighted by Crippen LogP contribution is -2.37. The SMILES string of the molecule is CCOC1=NN(c2cc(C(=O)NC3CC3)ccc2C)C(N)C1=Cc1ccccc1. The molecule has 2 aliphatic rings. The van der Waals surface area contributed by atoms with Crippen LogP contribution in [-0.2, 0) is 4.74 Å².